The zero-order valence-electron chi connectivity index (χ0n) is 13.0. The number of benzene rings is 1. The lowest BCUT2D eigenvalue weighted by atomic mass is 10.00. The van der Waals surface area contributed by atoms with Crippen molar-refractivity contribution in [1.29, 1.82) is 0 Å². The van der Waals surface area contributed by atoms with Crippen LogP contribution in [0.15, 0.2) is 35.9 Å². The van der Waals surface area contributed by atoms with Gasteiger partial charge in [0.25, 0.3) is 5.91 Å². The minimum Gasteiger partial charge on any atom is -0.481 e. The molecule has 1 amide bonds. The highest BCUT2D eigenvalue weighted by atomic mass is 16.5. The molecule has 0 saturated heterocycles. The standard InChI is InChI=1S/C18H25NO2/c1-3-16-11-7-8-12-17(16)21-14(2)18(20)19-13-15-9-5-4-6-10-15/h7-9,11-12,14H,3-6,10,13H2,1-2H3,(H,19,20)/t14-/m1/s1. The summed E-state index contributed by atoms with van der Waals surface area (Å²) in [5.41, 5.74) is 2.47. The fraction of sp³-hybridized carbons (Fsp3) is 0.500. The molecule has 1 aliphatic carbocycles. The fourth-order valence-electron chi connectivity index (χ4n) is 2.56. The molecule has 1 aromatic carbocycles. The molecule has 0 spiro atoms. The summed E-state index contributed by atoms with van der Waals surface area (Å²) in [5, 5.41) is 2.98. The van der Waals surface area contributed by atoms with Gasteiger partial charge in [-0.1, -0.05) is 36.8 Å². The second-order valence-corrected chi connectivity index (χ2v) is 5.55. The van der Waals surface area contributed by atoms with Crippen LogP contribution in [-0.4, -0.2) is 18.6 Å². The van der Waals surface area contributed by atoms with Crippen LogP contribution in [0.4, 0.5) is 0 Å². The average molecular weight is 287 g/mol. The first-order chi connectivity index (χ1) is 10.2. The fourth-order valence-corrected chi connectivity index (χ4v) is 2.56. The van der Waals surface area contributed by atoms with E-state index in [1.807, 2.05) is 24.3 Å². The number of nitrogens with one attached hydrogen (secondary N) is 1. The van der Waals surface area contributed by atoms with Crippen LogP contribution in [0, 0.1) is 0 Å². The zero-order chi connectivity index (χ0) is 15.1. The van der Waals surface area contributed by atoms with Crippen LogP contribution in [-0.2, 0) is 11.2 Å². The number of allylic oxidation sites excluding steroid dienone is 1. The Morgan fingerprint density at radius 1 is 1.33 bits per heavy atom. The van der Waals surface area contributed by atoms with E-state index in [4.69, 9.17) is 4.74 Å². The molecule has 0 aliphatic heterocycles. The van der Waals surface area contributed by atoms with Crippen LogP contribution in [0.5, 0.6) is 5.75 Å². The lowest BCUT2D eigenvalue weighted by molar-refractivity contribution is -0.127. The van der Waals surface area contributed by atoms with Crippen molar-refractivity contribution in [1.82, 2.24) is 5.32 Å². The minimum absolute atomic E-state index is 0.0487. The summed E-state index contributed by atoms with van der Waals surface area (Å²) in [6, 6.07) is 7.89. The van der Waals surface area contributed by atoms with Gasteiger partial charge in [-0.2, -0.15) is 0 Å². The quantitative estimate of drug-likeness (QED) is 0.811. The Labute approximate surface area is 127 Å². The highest BCUT2D eigenvalue weighted by Crippen LogP contribution is 2.20. The number of carbonyl (C=O) groups excluding carboxylic acids is 1. The molecule has 0 radical (unpaired) electrons. The van der Waals surface area contributed by atoms with E-state index >= 15 is 0 Å². The molecule has 3 heteroatoms. The number of carbonyl (C=O) groups is 1. The van der Waals surface area contributed by atoms with Gasteiger partial charge in [-0.25, -0.2) is 0 Å². The molecule has 3 nitrogen and oxygen atoms in total. The van der Waals surface area contributed by atoms with Gasteiger partial charge in [-0.05, 0) is 50.7 Å². The number of para-hydroxylation sites is 1. The third-order valence-corrected chi connectivity index (χ3v) is 3.90. The van der Waals surface area contributed by atoms with Crippen molar-refractivity contribution in [2.75, 3.05) is 6.54 Å². The molecular formula is C18H25NO2. The highest BCUT2D eigenvalue weighted by Gasteiger charge is 2.16. The van der Waals surface area contributed by atoms with Crippen molar-refractivity contribution >= 4 is 5.91 Å². The summed E-state index contributed by atoms with van der Waals surface area (Å²) in [6.45, 7) is 4.54. The number of amides is 1. The van der Waals surface area contributed by atoms with Crippen molar-refractivity contribution in [2.24, 2.45) is 0 Å². The van der Waals surface area contributed by atoms with E-state index in [-0.39, 0.29) is 5.91 Å². The first kappa shape index (κ1) is 15.6. The molecular weight excluding hydrogens is 262 g/mol. The summed E-state index contributed by atoms with van der Waals surface area (Å²) in [7, 11) is 0. The van der Waals surface area contributed by atoms with Gasteiger partial charge in [0.15, 0.2) is 6.10 Å². The van der Waals surface area contributed by atoms with Crippen molar-refractivity contribution < 1.29 is 9.53 Å². The Kier molecular flexibility index (Phi) is 5.85. The molecule has 0 bridgehead atoms. The van der Waals surface area contributed by atoms with Gasteiger partial charge in [0.2, 0.25) is 0 Å². The van der Waals surface area contributed by atoms with E-state index < -0.39 is 6.10 Å². The largest absolute Gasteiger partial charge is 0.481 e. The van der Waals surface area contributed by atoms with Crippen LogP contribution in [0.2, 0.25) is 0 Å². The van der Waals surface area contributed by atoms with Crippen LogP contribution in [0.1, 0.15) is 45.1 Å². The Bertz CT molecular complexity index is 508. The van der Waals surface area contributed by atoms with E-state index in [0.29, 0.717) is 6.54 Å². The first-order valence-electron chi connectivity index (χ1n) is 7.91. The van der Waals surface area contributed by atoms with Crippen LogP contribution >= 0.6 is 0 Å². The summed E-state index contributed by atoms with van der Waals surface area (Å²) < 4.78 is 5.81. The van der Waals surface area contributed by atoms with Crippen LogP contribution in [0.25, 0.3) is 0 Å². The molecule has 0 aromatic heterocycles. The molecule has 1 N–H and O–H groups in total. The molecule has 0 unspecified atom stereocenters. The lowest BCUT2D eigenvalue weighted by Crippen LogP contribution is -2.37. The third-order valence-electron chi connectivity index (χ3n) is 3.90. The predicted molar refractivity (Wildman–Crippen MR) is 85.5 cm³/mol. The van der Waals surface area contributed by atoms with Crippen molar-refractivity contribution in [2.45, 2.75) is 52.1 Å². The second-order valence-electron chi connectivity index (χ2n) is 5.55. The van der Waals surface area contributed by atoms with E-state index in [9.17, 15) is 4.79 Å². The average Bonchev–Trinajstić information content (AvgIpc) is 2.54. The lowest BCUT2D eigenvalue weighted by Gasteiger charge is -2.18. The maximum atomic E-state index is 12.1. The molecule has 2 rings (SSSR count). The molecule has 21 heavy (non-hydrogen) atoms. The maximum Gasteiger partial charge on any atom is 0.261 e. The van der Waals surface area contributed by atoms with Gasteiger partial charge >= 0.3 is 0 Å². The van der Waals surface area contributed by atoms with Crippen molar-refractivity contribution in [3.8, 4) is 5.75 Å². The molecule has 114 valence electrons. The summed E-state index contributed by atoms with van der Waals surface area (Å²) in [4.78, 5) is 12.1. The second kappa shape index (κ2) is 7.87. The first-order valence-corrected chi connectivity index (χ1v) is 7.91. The maximum absolute atomic E-state index is 12.1. The number of ether oxygens (including phenoxy) is 1. The van der Waals surface area contributed by atoms with E-state index in [0.717, 1.165) is 30.6 Å². The van der Waals surface area contributed by atoms with Gasteiger partial charge in [0, 0.05) is 6.54 Å². The number of hydrogen-bond donors (Lipinski definition) is 1. The SMILES string of the molecule is CCc1ccccc1O[C@H](C)C(=O)NCC1=CCCCC1. The monoisotopic (exact) mass is 287 g/mol. The Morgan fingerprint density at radius 3 is 2.86 bits per heavy atom. The minimum atomic E-state index is -0.470. The van der Waals surface area contributed by atoms with Gasteiger partial charge in [0.1, 0.15) is 5.75 Å². The summed E-state index contributed by atoms with van der Waals surface area (Å²) in [5.74, 6) is 0.756. The Morgan fingerprint density at radius 2 is 2.14 bits per heavy atom. The van der Waals surface area contributed by atoms with Gasteiger partial charge in [0.05, 0.1) is 0 Å². The summed E-state index contributed by atoms with van der Waals surface area (Å²) in [6.07, 6.45) is 7.43. The number of hydrogen-bond acceptors (Lipinski definition) is 2. The zero-order valence-corrected chi connectivity index (χ0v) is 13.0. The smallest absolute Gasteiger partial charge is 0.261 e. The molecule has 0 heterocycles. The van der Waals surface area contributed by atoms with Gasteiger partial charge in [-0.15, -0.1) is 0 Å². The Hall–Kier alpha value is -1.77. The molecule has 1 aliphatic rings. The van der Waals surface area contributed by atoms with E-state index in [1.54, 1.807) is 6.92 Å². The molecule has 1 aromatic rings. The summed E-state index contributed by atoms with van der Waals surface area (Å²) >= 11 is 0. The van der Waals surface area contributed by atoms with Crippen molar-refractivity contribution in [3.63, 3.8) is 0 Å². The van der Waals surface area contributed by atoms with Gasteiger partial charge < -0.3 is 10.1 Å². The number of rotatable bonds is 6. The highest BCUT2D eigenvalue weighted by molar-refractivity contribution is 5.81. The Balaban J connectivity index is 1.86. The molecule has 0 fully saturated rings. The molecule has 1 atom stereocenters. The van der Waals surface area contributed by atoms with E-state index in [1.165, 1.54) is 18.4 Å². The topological polar surface area (TPSA) is 38.3 Å². The van der Waals surface area contributed by atoms with Gasteiger partial charge in [-0.3, -0.25) is 4.79 Å². The predicted octanol–water partition coefficient (Wildman–Crippen LogP) is 3.63. The van der Waals surface area contributed by atoms with Crippen molar-refractivity contribution in [3.05, 3.63) is 41.5 Å². The van der Waals surface area contributed by atoms with Crippen LogP contribution in [0.3, 0.4) is 0 Å². The van der Waals surface area contributed by atoms with E-state index in [2.05, 4.69) is 18.3 Å². The van der Waals surface area contributed by atoms with Crippen LogP contribution < -0.4 is 10.1 Å². The normalized spacial score (nSPS) is 16.0. The third kappa shape index (κ3) is 4.62. The number of aryl methyl sites for hydroxylation is 1. The molecule has 0 saturated carbocycles.